The predicted molar refractivity (Wildman–Crippen MR) is 80.7 cm³/mol. The monoisotopic (exact) mass is 322 g/mol. The van der Waals surface area contributed by atoms with Gasteiger partial charge in [0.25, 0.3) is 0 Å². The summed E-state index contributed by atoms with van der Waals surface area (Å²) in [6.07, 6.45) is 6.14. The molecule has 1 fully saturated rings. The van der Waals surface area contributed by atoms with Crippen molar-refractivity contribution in [3.63, 3.8) is 0 Å². The van der Waals surface area contributed by atoms with Crippen LogP contribution in [0.4, 0.5) is 0 Å². The number of hydrogen-bond donors (Lipinski definition) is 0. The van der Waals surface area contributed by atoms with Crippen molar-refractivity contribution < 1.29 is 12.9 Å². The normalized spacial score (nSPS) is 20.2. The number of rotatable bonds is 3. The molecule has 118 valence electrons. The van der Waals surface area contributed by atoms with Crippen LogP contribution in [-0.2, 0) is 10.0 Å². The smallest absolute Gasteiger partial charge is 0.211 e. The predicted octanol–water partition coefficient (Wildman–Crippen LogP) is 1.58. The third-order valence-electron chi connectivity index (χ3n) is 3.88. The lowest BCUT2D eigenvalue weighted by atomic mass is 9.92. The van der Waals surface area contributed by atoms with Crippen LogP contribution in [0.25, 0.3) is 11.3 Å². The third-order valence-corrected chi connectivity index (χ3v) is 5.15. The Bertz CT molecular complexity index is 772. The lowest BCUT2D eigenvalue weighted by Gasteiger charge is -2.31. The first-order chi connectivity index (χ1) is 10.4. The number of piperidine rings is 1. The molecule has 2 aromatic rings. The molecule has 0 bridgehead atoms. The summed E-state index contributed by atoms with van der Waals surface area (Å²) in [6, 6.07) is 1.83. The van der Waals surface area contributed by atoms with Crippen LogP contribution in [0.3, 0.4) is 0 Å². The first-order valence-electron chi connectivity index (χ1n) is 7.14. The van der Waals surface area contributed by atoms with Crippen LogP contribution in [0.5, 0.6) is 0 Å². The fraction of sp³-hybridized carbons (Fsp3) is 0.500. The Morgan fingerprint density at radius 2 is 2.23 bits per heavy atom. The van der Waals surface area contributed by atoms with Crippen molar-refractivity contribution in [2.45, 2.75) is 25.7 Å². The molecule has 3 rings (SSSR count). The molecule has 8 heteroatoms. The van der Waals surface area contributed by atoms with Crippen LogP contribution in [0.15, 0.2) is 23.1 Å². The highest BCUT2D eigenvalue weighted by Crippen LogP contribution is 2.33. The summed E-state index contributed by atoms with van der Waals surface area (Å²) in [6.45, 7) is 2.86. The molecule has 1 aliphatic heterocycles. The van der Waals surface area contributed by atoms with Gasteiger partial charge in [0.15, 0.2) is 5.76 Å². The molecule has 0 saturated carbocycles. The van der Waals surface area contributed by atoms with Crippen LogP contribution < -0.4 is 0 Å². The molecule has 0 amide bonds. The molecule has 2 aromatic heterocycles. The second-order valence-corrected chi connectivity index (χ2v) is 7.60. The Morgan fingerprint density at radius 3 is 2.91 bits per heavy atom. The SMILES string of the molecule is Cc1cc(-c2cncnc2C2CCCN(S(C)(=O)=O)C2)on1. The Morgan fingerprint density at radius 1 is 1.41 bits per heavy atom. The summed E-state index contributed by atoms with van der Waals surface area (Å²) in [5, 5.41) is 3.90. The molecule has 1 aliphatic rings. The topological polar surface area (TPSA) is 89.2 Å². The lowest BCUT2D eigenvalue weighted by Crippen LogP contribution is -2.38. The Labute approximate surface area is 129 Å². The summed E-state index contributed by atoms with van der Waals surface area (Å²) in [5.41, 5.74) is 2.38. The van der Waals surface area contributed by atoms with E-state index in [0.29, 0.717) is 18.8 Å². The van der Waals surface area contributed by atoms with Crippen molar-refractivity contribution in [3.8, 4) is 11.3 Å². The van der Waals surface area contributed by atoms with Gasteiger partial charge in [-0.15, -0.1) is 0 Å². The molecular weight excluding hydrogens is 304 g/mol. The molecule has 0 spiro atoms. The Hall–Kier alpha value is -1.80. The molecule has 7 nitrogen and oxygen atoms in total. The number of sulfonamides is 1. The average Bonchev–Trinajstić information content (AvgIpc) is 2.93. The van der Waals surface area contributed by atoms with Gasteiger partial charge in [0, 0.05) is 31.3 Å². The Kier molecular flexibility index (Phi) is 3.96. The lowest BCUT2D eigenvalue weighted by molar-refractivity contribution is 0.314. The van der Waals surface area contributed by atoms with E-state index in [2.05, 4.69) is 15.1 Å². The second kappa shape index (κ2) is 5.77. The minimum absolute atomic E-state index is 0.0341. The number of aromatic nitrogens is 3. The molecule has 0 radical (unpaired) electrons. The minimum Gasteiger partial charge on any atom is -0.356 e. The second-order valence-electron chi connectivity index (χ2n) is 5.61. The highest BCUT2D eigenvalue weighted by molar-refractivity contribution is 7.88. The van der Waals surface area contributed by atoms with Gasteiger partial charge in [-0.3, -0.25) is 0 Å². The van der Waals surface area contributed by atoms with Crippen molar-refractivity contribution in [1.29, 1.82) is 0 Å². The maximum Gasteiger partial charge on any atom is 0.211 e. The molecule has 0 aromatic carbocycles. The van der Waals surface area contributed by atoms with Gasteiger partial charge < -0.3 is 4.52 Å². The van der Waals surface area contributed by atoms with E-state index in [1.54, 1.807) is 6.20 Å². The summed E-state index contributed by atoms with van der Waals surface area (Å²) in [7, 11) is -3.19. The van der Waals surface area contributed by atoms with Crippen molar-refractivity contribution in [2.24, 2.45) is 0 Å². The molecule has 1 atom stereocenters. The maximum atomic E-state index is 11.8. The summed E-state index contributed by atoms with van der Waals surface area (Å²) >= 11 is 0. The maximum absolute atomic E-state index is 11.8. The van der Waals surface area contributed by atoms with Gasteiger partial charge in [-0.25, -0.2) is 22.7 Å². The fourth-order valence-corrected chi connectivity index (χ4v) is 3.72. The van der Waals surface area contributed by atoms with Crippen LogP contribution >= 0.6 is 0 Å². The summed E-state index contributed by atoms with van der Waals surface area (Å²) in [4.78, 5) is 8.45. The first kappa shape index (κ1) is 15.1. The first-order valence-corrected chi connectivity index (χ1v) is 8.98. The molecule has 1 saturated heterocycles. The van der Waals surface area contributed by atoms with Gasteiger partial charge in [-0.1, -0.05) is 5.16 Å². The van der Waals surface area contributed by atoms with E-state index in [1.807, 2.05) is 13.0 Å². The van der Waals surface area contributed by atoms with Crippen LogP contribution in [0, 0.1) is 6.92 Å². The molecular formula is C14H18N4O3S. The zero-order valence-electron chi connectivity index (χ0n) is 12.6. The third kappa shape index (κ3) is 3.02. The van der Waals surface area contributed by atoms with Crippen LogP contribution in [0.1, 0.15) is 30.1 Å². The zero-order chi connectivity index (χ0) is 15.7. The highest BCUT2D eigenvalue weighted by Gasteiger charge is 2.29. The molecule has 0 N–H and O–H groups in total. The summed E-state index contributed by atoms with van der Waals surface area (Å²) < 4.78 is 30.4. The quantitative estimate of drug-likeness (QED) is 0.852. The highest BCUT2D eigenvalue weighted by atomic mass is 32.2. The standard InChI is InChI=1S/C14H18N4O3S/c1-10-6-13(21-17-10)12-7-15-9-16-14(12)11-4-3-5-18(8-11)22(2,19)20/h6-7,9,11H,3-5,8H2,1-2H3. The van der Waals surface area contributed by atoms with Gasteiger partial charge in [0.1, 0.15) is 6.33 Å². The van der Waals surface area contributed by atoms with Gasteiger partial charge >= 0.3 is 0 Å². The molecule has 1 unspecified atom stereocenters. The number of hydrogen-bond acceptors (Lipinski definition) is 6. The van der Waals surface area contributed by atoms with Crippen molar-refractivity contribution in [3.05, 3.63) is 30.0 Å². The van der Waals surface area contributed by atoms with E-state index in [1.165, 1.54) is 16.9 Å². The average molecular weight is 322 g/mol. The van der Waals surface area contributed by atoms with Gasteiger partial charge in [-0.2, -0.15) is 0 Å². The van der Waals surface area contributed by atoms with Gasteiger partial charge in [-0.05, 0) is 19.8 Å². The van der Waals surface area contributed by atoms with Crippen molar-refractivity contribution >= 4 is 10.0 Å². The largest absolute Gasteiger partial charge is 0.356 e. The van der Waals surface area contributed by atoms with E-state index in [4.69, 9.17) is 4.52 Å². The van der Waals surface area contributed by atoms with Crippen LogP contribution in [-0.4, -0.2) is 47.2 Å². The number of aryl methyl sites for hydroxylation is 1. The molecule has 22 heavy (non-hydrogen) atoms. The van der Waals surface area contributed by atoms with E-state index >= 15 is 0 Å². The fourth-order valence-electron chi connectivity index (χ4n) is 2.81. The van der Waals surface area contributed by atoms with E-state index in [0.717, 1.165) is 29.8 Å². The zero-order valence-corrected chi connectivity index (χ0v) is 13.4. The summed E-state index contributed by atoms with van der Waals surface area (Å²) in [5.74, 6) is 0.650. The van der Waals surface area contributed by atoms with Crippen molar-refractivity contribution in [1.82, 2.24) is 19.4 Å². The van der Waals surface area contributed by atoms with E-state index in [9.17, 15) is 8.42 Å². The minimum atomic E-state index is -3.19. The number of nitrogens with zero attached hydrogens (tertiary/aromatic N) is 4. The van der Waals surface area contributed by atoms with Gasteiger partial charge in [0.2, 0.25) is 10.0 Å². The molecule has 3 heterocycles. The van der Waals surface area contributed by atoms with Crippen LogP contribution in [0.2, 0.25) is 0 Å². The van der Waals surface area contributed by atoms with Crippen molar-refractivity contribution in [2.75, 3.05) is 19.3 Å². The van der Waals surface area contributed by atoms with E-state index < -0.39 is 10.0 Å². The van der Waals surface area contributed by atoms with Gasteiger partial charge in [0.05, 0.1) is 23.2 Å². The molecule has 0 aliphatic carbocycles. The van der Waals surface area contributed by atoms with E-state index in [-0.39, 0.29) is 5.92 Å². The Balaban J connectivity index is 1.95.